The van der Waals surface area contributed by atoms with Crippen LogP contribution in [0.4, 0.5) is 0 Å². The van der Waals surface area contributed by atoms with E-state index in [-0.39, 0.29) is 23.3 Å². The number of amides is 1. The highest BCUT2D eigenvalue weighted by atomic mass is 32.2. The lowest BCUT2D eigenvalue weighted by Crippen LogP contribution is -2.44. The van der Waals surface area contributed by atoms with E-state index < -0.39 is 5.91 Å². The smallest absolute Gasteiger partial charge is 0.306 e. The number of benzene rings is 1. The van der Waals surface area contributed by atoms with E-state index in [4.69, 9.17) is 15.3 Å². The summed E-state index contributed by atoms with van der Waals surface area (Å²) in [7, 11) is 0. The van der Waals surface area contributed by atoms with Gasteiger partial charge in [0.2, 0.25) is 5.04 Å². The number of hydroxylamine groups is 2. The maximum Gasteiger partial charge on any atom is 0.306 e. The zero-order valence-electron chi connectivity index (χ0n) is 10.6. The van der Waals surface area contributed by atoms with Crippen LogP contribution in [0.25, 0.3) is 0 Å². The molecule has 1 aromatic rings. The molecule has 1 unspecified atom stereocenters. The van der Waals surface area contributed by atoms with E-state index in [1.807, 2.05) is 36.4 Å². The van der Waals surface area contributed by atoms with Crippen molar-refractivity contribution in [2.75, 3.05) is 6.54 Å². The second-order valence-electron chi connectivity index (χ2n) is 4.13. The lowest BCUT2D eigenvalue weighted by atomic mass is 10.2. The topological polar surface area (TPSA) is 85.9 Å². The van der Waals surface area contributed by atoms with Gasteiger partial charge in [-0.1, -0.05) is 47.2 Å². The van der Waals surface area contributed by atoms with Gasteiger partial charge in [0.15, 0.2) is 0 Å². The first-order chi connectivity index (χ1) is 9.74. The average molecular weight is 291 g/mol. The van der Waals surface area contributed by atoms with E-state index in [0.29, 0.717) is 6.54 Å². The van der Waals surface area contributed by atoms with Crippen molar-refractivity contribution >= 4 is 22.7 Å². The molecule has 6 nitrogen and oxygen atoms in total. The molecule has 1 saturated heterocycles. The highest BCUT2D eigenvalue weighted by Gasteiger charge is 2.33. The predicted molar refractivity (Wildman–Crippen MR) is 73.8 cm³/mol. The lowest BCUT2D eigenvalue weighted by Gasteiger charge is -2.30. The average Bonchev–Trinajstić information content (AvgIpc) is 2.48. The van der Waals surface area contributed by atoms with Crippen LogP contribution in [0.3, 0.4) is 0 Å². The summed E-state index contributed by atoms with van der Waals surface area (Å²) in [6, 6.07) is 11.5. The molecule has 1 aromatic carbocycles. The SMILES string of the molecule is N#CCC1CN(OCc2ccccc2)C(=O)C(=NO)S1. The standard InChI is InChI=1S/C13H13N3O3S/c14-7-6-11-8-16(13(17)12(15-18)20-11)19-9-10-4-2-1-3-5-10/h1-5,11,18H,6,8-9H2. The molecule has 2 rings (SSSR count). The van der Waals surface area contributed by atoms with Gasteiger partial charge in [0.05, 0.1) is 12.6 Å². The second kappa shape index (κ2) is 6.93. The fourth-order valence-electron chi connectivity index (χ4n) is 1.73. The summed E-state index contributed by atoms with van der Waals surface area (Å²) in [6.45, 7) is 0.540. The van der Waals surface area contributed by atoms with Crippen LogP contribution in [0.2, 0.25) is 0 Å². The summed E-state index contributed by atoms with van der Waals surface area (Å²) in [6.07, 6.45) is 0.252. The Morgan fingerprint density at radius 3 is 2.90 bits per heavy atom. The minimum absolute atomic E-state index is 0.0513. The number of nitriles is 1. The minimum Gasteiger partial charge on any atom is -0.410 e. The largest absolute Gasteiger partial charge is 0.410 e. The molecule has 1 aliphatic heterocycles. The van der Waals surface area contributed by atoms with Crippen LogP contribution in [-0.2, 0) is 16.2 Å². The number of nitrogens with zero attached hydrogens (tertiary/aromatic N) is 3. The Balaban J connectivity index is 2.01. The summed E-state index contributed by atoms with van der Waals surface area (Å²) in [5.74, 6) is -0.484. The van der Waals surface area contributed by atoms with Gasteiger partial charge in [0, 0.05) is 11.7 Å². The third-order valence-corrected chi connectivity index (χ3v) is 3.83. The van der Waals surface area contributed by atoms with Crippen molar-refractivity contribution in [3.05, 3.63) is 35.9 Å². The fourth-order valence-corrected chi connectivity index (χ4v) is 2.67. The zero-order valence-corrected chi connectivity index (χ0v) is 11.4. The van der Waals surface area contributed by atoms with Crippen molar-refractivity contribution in [2.24, 2.45) is 5.16 Å². The van der Waals surface area contributed by atoms with E-state index in [2.05, 4.69) is 5.16 Å². The van der Waals surface area contributed by atoms with Crippen molar-refractivity contribution in [3.8, 4) is 6.07 Å². The Kier molecular flexibility index (Phi) is 4.98. The van der Waals surface area contributed by atoms with Gasteiger partial charge in [-0.25, -0.2) is 5.06 Å². The highest BCUT2D eigenvalue weighted by Crippen LogP contribution is 2.25. The van der Waals surface area contributed by atoms with Crippen LogP contribution >= 0.6 is 11.8 Å². The molecule has 1 N–H and O–H groups in total. The molecular formula is C13H13N3O3S. The normalized spacial score (nSPS) is 20.9. The first kappa shape index (κ1) is 14.4. The first-order valence-electron chi connectivity index (χ1n) is 5.99. The van der Waals surface area contributed by atoms with Crippen LogP contribution < -0.4 is 0 Å². The third-order valence-electron chi connectivity index (χ3n) is 2.70. The summed E-state index contributed by atoms with van der Waals surface area (Å²) in [5, 5.41) is 21.5. The Bertz CT molecular complexity index is 542. The molecule has 0 saturated carbocycles. The van der Waals surface area contributed by atoms with Crippen LogP contribution in [0.5, 0.6) is 0 Å². The number of oxime groups is 1. The molecule has 1 atom stereocenters. The van der Waals surface area contributed by atoms with Crippen LogP contribution in [0.15, 0.2) is 35.5 Å². The quantitative estimate of drug-likeness (QED) is 0.675. The molecule has 0 radical (unpaired) electrons. The molecule has 1 heterocycles. The molecule has 1 fully saturated rings. The van der Waals surface area contributed by atoms with E-state index >= 15 is 0 Å². The van der Waals surface area contributed by atoms with Gasteiger partial charge < -0.3 is 5.21 Å². The molecule has 1 amide bonds. The van der Waals surface area contributed by atoms with E-state index in [9.17, 15) is 4.79 Å². The van der Waals surface area contributed by atoms with Crippen molar-refractivity contribution in [3.63, 3.8) is 0 Å². The van der Waals surface area contributed by atoms with Crippen molar-refractivity contribution in [1.82, 2.24) is 5.06 Å². The summed E-state index contributed by atoms with van der Waals surface area (Å²) in [4.78, 5) is 17.4. The monoisotopic (exact) mass is 291 g/mol. The van der Waals surface area contributed by atoms with Crippen LogP contribution in [0.1, 0.15) is 12.0 Å². The van der Waals surface area contributed by atoms with Gasteiger partial charge in [0.1, 0.15) is 6.61 Å². The van der Waals surface area contributed by atoms with Crippen molar-refractivity contribution < 1.29 is 14.8 Å². The number of carbonyl (C=O) groups is 1. The van der Waals surface area contributed by atoms with Gasteiger partial charge in [-0.05, 0) is 5.56 Å². The Labute approximate surface area is 120 Å². The molecule has 20 heavy (non-hydrogen) atoms. The number of hydrogen-bond acceptors (Lipinski definition) is 6. The Hall–Kier alpha value is -2.04. The van der Waals surface area contributed by atoms with E-state index in [1.54, 1.807) is 0 Å². The van der Waals surface area contributed by atoms with Crippen LogP contribution in [-0.4, -0.2) is 33.0 Å². The van der Waals surface area contributed by atoms with E-state index in [0.717, 1.165) is 22.4 Å². The van der Waals surface area contributed by atoms with Gasteiger partial charge >= 0.3 is 5.91 Å². The second-order valence-corrected chi connectivity index (χ2v) is 5.42. The Morgan fingerprint density at radius 2 is 2.25 bits per heavy atom. The maximum atomic E-state index is 11.9. The molecule has 0 aliphatic carbocycles. The number of rotatable bonds is 4. The lowest BCUT2D eigenvalue weighted by molar-refractivity contribution is -0.184. The summed E-state index contributed by atoms with van der Waals surface area (Å²) < 4.78 is 0. The van der Waals surface area contributed by atoms with Gasteiger partial charge in [-0.3, -0.25) is 9.63 Å². The summed E-state index contributed by atoms with van der Waals surface area (Å²) >= 11 is 1.10. The number of hydrogen-bond donors (Lipinski definition) is 1. The number of carbonyl (C=O) groups excluding carboxylic acids is 1. The highest BCUT2D eigenvalue weighted by molar-refractivity contribution is 8.16. The zero-order chi connectivity index (χ0) is 14.4. The molecule has 7 heteroatoms. The van der Waals surface area contributed by atoms with E-state index in [1.165, 1.54) is 0 Å². The Morgan fingerprint density at radius 1 is 1.50 bits per heavy atom. The predicted octanol–water partition coefficient (Wildman–Crippen LogP) is 1.76. The van der Waals surface area contributed by atoms with Crippen molar-refractivity contribution in [1.29, 1.82) is 5.26 Å². The number of thioether (sulfide) groups is 1. The fraction of sp³-hybridized carbons (Fsp3) is 0.308. The molecular weight excluding hydrogens is 278 g/mol. The first-order valence-corrected chi connectivity index (χ1v) is 6.87. The molecule has 0 aromatic heterocycles. The molecule has 0 spiro atoms. The third kappa shape index (κ3) is 3.50. The molecule has 1 aliphatic rings. The minimum atomic E-state index is -0.484. The molecule has 0 bridgehead atoms. The maximum absolute atomic E-state index is 11.9. The van der Waals surface area contributed by atoms with Gasteiger partial charge in [-0.2, -0.15) is 5.26 Å². The summed E-state index contributed by atoms with van der Waals surface area (Å²) in [5.41, 5.74) is 0.929. The van der Waals surface area contributed by atoms with Gasteiger partial charge in [0.25, 0.3) is 0 Å². The van der Waals surface area contributed by atoms with Crippen molar-refractivity contribution in [2.45, 2.75) is 18.3 Å². The molecule has 104 valence electrons. The van der Waals surface area contributed by atoms with Crippen LogP contribution in [0, 0.1) is 11.3 Å². The van der Waals surface area contributed by atoms with Gasteiger partial charge in [-0.15, -0.1) is 0 Å².